The number of nitrogens with one attached hydrogen (secondary N) is 1. The summed E-state index contributed by atoms with van der Waals surface area (Å²) in [6, 6.07) is 0.483. The molecule has 2 heterocycles. The van der Waals surface area contributed by atoms with E-state index in [4.69, 9.17) is 4.42 Å². The van der Waals surface area contributed by atoms with Gasteiger partial charge in [-0.2, -0.15) is 11.3 Å². The molecule has 0 spiro atoms. The third kappa shape index (κ3) is 3.14. The van der Waals surface area contributed by atoms with Crippen molar-refractivity contribution in [3.05, 3.63) is 22.2 Å². The number of aromatic nitrogens is 2. The summed E-state index contributed by atoms with van der Waals surface area (Å²) in [5, 5.41) is 15.6. The van der Waals surface area contributed by atoms with Crippen LogP contribution in [-0.4, -0.2) is 22.8 Å². The molecule has 0 fully saturated rings. The van der Waals surface area contributed by atoms with E-state index < -0.39 is 0 Å². The van der Waals surface area contributed by atoms with Gasteiger partial charge in [0.05, 0.1) is 5.56 Å². The van der Waals surface area contributed by atoms with Crippen molar-refractivity contribution in [1.29, 1.82) is 0 Å². The first-order chi connectivity index (χ1) is 8.16. The summed E-state index contributed by atoms with van der Waals surface area (Å²) in [6.07, 6.45) is 0.772. The summed E-state index contributed by atoms with van der Waals surface area (Å²) in [4.78, 5) is 0. The lowest BCUT2D eigenvalue weighted by atomic mass is 10.2. The highest BCUT2D eigenvalue weighted by Gasteiger charge is 2.11. The number of hydrogen-bond donors (Lipinski definition) is 1. The molecule has 0 aliphatic heterocycles. The lowest BCUT2D eigenvalue weighted by Gasteiger charge is -2.04. The maximum absolute atomic E-state index is 5.64. The van der Waals surface area contributed by atoms with E-state index in [-0.39, 0.29) is 0 Å². The van der Waals surface area contributed by atoms with Crippen LogP contribution in [0.3, 0.4) is 0 Å². The normalized spacial score (nSPS) is 11.3. The molecule has 0 saturated heterocycles. The molecule has 2 rings (SSSR count). The van der Waals surface area contributed by atoms with Crippen molar-refractivity contribution in [3.8, 4) is 11.5 Å². The van der Waals surface area contributed by atoms with E-state index in [2.05, 4.69) is 41.7 Å². The van der Waals surface area contributed by atoms with Gasteiger partial charge in [0.1, 0.15) is 0 Å². The Labute approximate surface area is 105 Å². The molecule has 17 heavy (non-hydrogen) atoms. The van der Waals surface area contributed by atoms with E-state index in [0.717, 1.165) is 18.5 Å². The lowest BCUT2D eigenvalue weighted by Crippen LogP contribution is -2.25. The van der Waals surface area contributed by atoms with Crippen LogP contribution in [0.5, 0.6) is 0 Å². The minimum absolute atomic E-state index is 0.483. The molecule has 2 aromatic rings. The number of rotatable bonds is 5. The van der Waals surface area contributed by atoms with Gasteiger partial charge >= 0.3 is 0 Å². The minimum Gasteiger partial charge on any atom is -0.421 e. The molecule has 5 heteroatoms. The minimum atomic E-state index is 0.483. The molecule has 1 N–H and O–H groups in total. The van der Waals surface area contributed by atoms with E-state index in [1.807, 2.05) is 5.38 Å². The molecule has 0 aromatic carbocycles. The van der Waals surface area contributed by atoms with E-state index in [0.29, 0.717) is 17.8 Å². The van der Waals surface area contributed by atoms with Crippen molar-refractivity contribution >= 4 is 11.3 Å². The first kappa shape index (κ1) is 12.3. The van der Waals surface area contributed by atoms with Crippen LogP contribution in [0.25, 0.3) is 11.5 Å². The molecule has 0 aliphatic rings. The first-order valence-electron chi connectivity index (χ1n) is 5.75. The average molecular weight is 251 g/mol. The average Bonchev–Trinajstić information content (AvgIpc) is 2.86. The molecule has 0 atom stereocenters. The molecule has 0 bridgehead atoms. The van der Waals surface area contributed by atoms with Gasteiger partial charge in [-0.3, -0.25) is 0 Å². The summed E-state index contributed by atoms with van der Waals surface area (Å²) < 4.78 is 5.64. The summed E-state index contributed by atoms with van der Waals surface area (Å²) >= 11 is 1.65. The van der Waals surface area contributed by atoms with E-state index in [1.165, 1.54) is 5.56 Å². The zero-order valence-corrected chi connectivity index (χ0v) is 11.2. The van der Waals surface area contributed by atoms with Crippen LogP contribution >= 0.6 is 11.3 Å². The van der Waals surface area contributed by atoms with Gasteiger partial charge in [0.15, 0.2) is 0 Å². The Bertz CT molecular complexity index is 476. The van der Waals surface area contributed by atoms with E-state index in [1.54, 1.807) is 11.3 Å². The van der Waals surface area contributed by atoms with Crippen LogP contribution in [0.4, 0.5) is 0 Å². The fraction of sp³-hybridized carbons (Fsp3) is 0.500. The molecular weight excluding hydrogens is 234 g/mol. The molecule has 4 nitrogen and oxygen atoms in total. The van der Waals surface area contributed by atoms with Crippen LogP contribution in [-0.2, 0) is 6.42 Å². The Balaban J connectivity index is 1.99. The van der Waals surface area contributed by atoms with Gasteiger partial charge in [0.2, 0.25) is 11.8 Å². The molecule has 92 valence electrons. The highest BCUT2D eigenvalue weighted by molar-refractivity contribution is 7.08. The third-order valence-corrected chi connectivity index (χ3v) is 3.31. The van der Waals surface area contributed by atoms with Crippen molar-refractivity contribution in [3.63, 3.8) is 0 Å². The van der Waals surface area contributed by atoms with Crippen molar-refractivity contribution in [1.82, 2.24) is 15.5 Å². The fourth-order valence-corrected chi connectivity index (χ4v) is 2.33. The second kappa shape index (κ2) is 5.42. The Kier molecular flexibility index (Phi) is 3.91. The number of thiophene rings is 1. The van der Waals surface area contributed by atoms with Crippen LogP contribution in [0.1, 0.15) is 25.3 Å². The second-order valence-corrected chi connectivity index (χ2v) is 5.07. The third-order valence-electron chi connectivity index (χ3n) is 2.44. The van der Waals surface area contributed by atoms with Gasteiger partial charge in [0, 0.05) is 24.4 Å². The molecule has 2 aromatic heterocycles. The SMILES string of the molecule is Cc1cscc1-c1nnc(CCNC(C)C)o1. The number of nitrogens with zero attached hydrogens (tertiary/aromatic N) is 2. The zero-order chi connectivity index (χ0) is 12.3. The summed E-state index contributed by atoms with van der Waals surface area (Å²) in [5.74, 6) is 1.32. The van der Waals surface area contributed by atoms with E-state index in [9.17, 15) is 0 Å². The Morgan fingerprint density at radius 1 is 1.35 bits per heavy atom. The predicted octanol–water partition coefficient (Wildman–Crippen LogP) is 2.65. The highest BCUT2D eigenvalue weighted by Crippen LogP contribution is 2.25. The molecule has 0 aliphatic carbocycles. The maximum atomic E-state index is 5.64. The molecule has 0 unspecified atom stereocenters. The highest BCUT2D eigenvalue weighted by atomic mass is 32.1. The largest absolute Gasteiger partial charge is 0.421 e. The Hall–Kier alpha value is -1.20. The van der Waals surface area contributed by atoms with E-state index >= 15 is 0 Å². The van der Waals surface area contributed by atoms with Crippen LogP contribution in [0, 0.1) is 6.92 Å². The van der Waals surface area contributed by atoms with Crippen LogP contribution in [0.15, 0.2) is 15.2 Å². The van der Waals surface area contributed by atoms with Crippen molar-refractivity contribution in [2.45, 2.75) is 33.2 Å². The monoisotopic (exact) mass is 251 g/mol. The topological polar surface area (TPSA) is 51.0 Å². The van der Waals surface area contributed by atoms with Crippen molar-refractivity contribution < 1.29 is 4.42 Å². The van der Waals surface area contributed by atoms with Gasteiger partial charge in [-0.25, -0.2) is 0 Å². The van der Waals surface area contributed by atoms with Gasteiger partial charge in [0.25, 0.3) is 0 Å². The Morgan fingerprint density at radius 3 is 2.82 bits per heavy atom. The first-order valence-corrected chi connectivity index (χ1v) is 6.70. The molecule has 0 radical (unpaired) electrons. The number of hydrogen-bond acceptors (Lipinski definition) is 5. The smallest absolute Gasteiger partial charge is 0.248 e. The van der Waals surface area contributed by atoms with Gasteiger partial charge in [-0.1, -0.05) is 13.8 Å². The summed E-state index contributed by atoms with van der Waals surface area (Å²) in [5.41, 5.74) is 2.23. The predicted molar refractivity (Wildman–Crippen MR) is 69.2 cm³/mol. The van der Waals surface area contributed by atoms with Gasteiger partial charge in [-0.15, -0.1) is 10.2 Å². The quantitative estimate of drug-likeness (QED) is 0.887. The molecule has 0 saturated carbocycles. The summed E-state index contributed by atoms with van der Waals surface area (Å²) in [6.45, 7) is 7.15. The standard InChI is InChI=1S/C12H17N3OS/c1-8(2)13-5-4-11-14-15-12(16-11)10-7-17-6-9(10)3/h6-8,13H,4-5H2,1-3H3. The second-order valence-electron chi connectivity index (χ2n) is 4.33. The molecular formula is C12H17N3OS. The fourth-order valence-electron chi connectivity index (χ4n) is 1.51. The van der Waals surface area contributed by atoms with Crippen LogP contribution in [0.2, 0.25) is 0 Å². The van der Waals surface area contributed by atoms with Crippen molar-refractivity contribution in [2.24, 2.45) is 0 Å². The Morgan fingerprint density at radius 2 is 2.18 bits per heavy atom. The number of aryl methyl sites for hydroxylation is 1. The molecule has 0 amide bonds. The van der Waals surface area contributed by atoms with Crippen molar-refractivity contribution in [2.75, 3.05) is 6.54 Å². The lowest BCUT2D eigenvalue weighted by molar-refractivity contribution is 0.484. The van der Waals surface area contributed by atoms with Gasteiger partial charge in [-0.05, 0) is 17.9 Å². The van der Waals surface area contributed by atoms with Gasteiger partial charge < -0.3 is 9.73 Å². The zero-order valence-electron chi connectivity index (χ0n) is 10.4. The maximum Gasteiger partial charge on any atom is 0.248 e. The summed E-state index contributed by atoms with van der Waals surface area (Å²) in [7, 11) is 0. The van der Waals surface area contributed by atoms with Crippen LogP contribution < -0.4 is 5.32 Å².